The first-order valence-corrected chi connectivity index (χ1v) is 10.2. The van der Waals surface area contributed by atoms with E-state index in [1.807, 2.05) is 47.2 Å². The summed E-state index contributed by atoms with van der Waals surface area (Å²) >= 11 is 6.06. The number of hydrogen-bond acceptors (Lipinski definition) is 3. The molecule has 2 aromatic heterocycles. The van der Waals surface area contributed by atoms with Crippen molar-refractivity contribution in [1.82, 2.24) is 14.5 Å². The van der Waals surface area contributed by atoms with Gasteiger partial charge in [0.05, 0.1) is 10.6 Å². The number of anilines is 1. The fourth-order valence-corrected chi connectivity index (χ4v) is 3.91. The first-order valence-electron chi connectivity index (χ1n) is 9.79. The average molecular weight is 449 g/mol. The van der Waals surface area contributed by atoms with Crippen LogP contribution in [0.15, 0.2) is 60.9 Å². The van der Waals surface area contributed by atoms with E-state index in [1.54, 1.807) is 15.9 Å². The number of hydrogen-bond donors (Lipinski definition) is 0. The Morgan fingerprint density at radius 3 is 2.39 bits per heavy atom. The number of pyridine rings is 1. The van der Waals surface area contributed by atoms with Crippen molar-refractivity contribution in [3.05, 3.63) is 82.8 Å². The van der Waals surface area contributed by atoms with E-state index in [2.05, 4.69) is 4.98 Å². The Morgan fingerprint density at radius 1 is 1.03 bits per heavy atom. The van der Waals surface area contributed by atoms with E-state index in [-0.39, 0.29) is 10.9 Å². The van der Waals surface area contributed by atoms with Crippen LogP contribution >= 0.6 is 11.6 Å². The highest BCUT2D eigenvalue weighted by Crippen LogP contribution is 2.33. The normalized spacial score (nSPS) is 14.7. The van der Waals surface area contributed by atoms with Crippen molar-refractivity contribution in [2.24, 2.45) is 0 Å². The number of halogens is 4. The lowest BCUT2D eigenvalue weighted by molar-refractivity contribution is -0.137. The van der Waals surface area contributed by atoms with E-state index in [4.69, 9.17) is 11.6 Å². The number of rotatable bonds is 4. The van der Waals surface area contributed by atoms with Crippen LogP contribution in [0.25, 0.3) is 0 Å². The number of carbonyl (C=O) groups excluding carboxylic acids is 1. The summed E-state index contributed by atoms with van der Waals surface area (Å²) in [6, 6.07) is 14.4. The lowest BCUT2D eigenvalue weighted by atomic mass is 10.2. The number of alkyl halides is 3. The van der Waals surface area contributed by atoms with E-state index in [1.165, 1.54) is 0 Å². The van der Waals surface area contributed by atoms with Gasteiger partial charge in [-0.1, -0.05) is 41.9 Å². The molecule has 162 valence electrons. The van der Waals surface area contributed by atoms with Crippen LogP contribution in [0.4, 0.5) is 19.0 Å². The molecule has 1 saturated heterocycles. The summed E-state index contributed by atoms with van der Waals surface area (Å²) in [6.07, 6.45) is -1.83. The molecule has 0 saturated carbocycles. The van der Waals surface area contributed by atoms with E-state index in [9.17, 15) is 18.0 Å². The quantitative estimate of drug-likeness (QED) is 0.587. The maximum Gasteiger partial charge on any atom is 0.417 e. The molecule has 0 bridgehead atoms. The van der Waals surface area contributed by atoms with Gasteiger partial charge in [-0.25, -0.2) is 4.98 Å². The Kier molecular flexibility index (Phi) is 5.91. The molecule has 31 heavy (non-hydrogen) atoms. The third kappa shape index (κ3) is 4.69. The zero-order valence-corrected chi connectivity index (χ0v) is 17.3. The summed E-state index contributed by atoms with van der Waals surface area (Å²) in [7, 11) is 0. The lowest BCUT2D eigenvalue weighted by Gasteiger charge is -2.36. The summed E-state index contributed by atoms with van der Waals surface area (Å²) in [5.41, 5.74) is 0.817. The molecule has 0 aliphatic carbocycles. The highest BCUT2D eigenvalue weighted by atomic mass is 35.5. The molecule has 0 spiro atoms. The number of amides is 1. The summed E-state index contributed by atoms with van der Waals surface area (Å²) in [6.45, 7) is 2.31. The minimum Gasteiger partial charge on any atom is -0.352 e. The molecule has 0 radical (unpaired) electrons. The van der Waals surface area contributed by atoms with Crippen molar-refractivity contribution in [2.45, 2.75) is 12.7 Å². The molecule has 3 heterocycles. The van der Waals surface area contributed by atoms with Crippen LogP contribution in [-0.2, 0) is 12.7 Å². The van der Waals surface area contributed by atoms with E-state index in [0.717, 1.165) is 17.8 Å². The first-order chi connectivity index (χ1) is 14.8. The van der Waals surface area contributed by atoms with Gasteiger partial charge in [-0.15, -0.1) is 0 Å². The number of aromatic nitrogens is 2. The highest BCUT2D eigenvalue weighted by Gasteiger charge is 2.32. The van der Waals surface area contributed by atoms with Crippen LogP contribution in [-0.4, -0.2) is 46.5 Å². The Morgan fingerprint density at radius 2 is 1.74 bits per heavy atom. The molecule has 5 nitrogen and oxygen atoms in total. The van der Waals surface area contributed by atoms with Gasteiger partial charge < -0.3 is 14.4 Å². The van der Waals surface area contributed by atoms with Crippen molar-refractivity contribution in [2.75, 3.05) is 31.1 Å². The Hall–Kier alpha value is -3.00. The van der Waals surface area contributed by atoms with Gasteiger partial charge in [-0.05, 0) is 23.8 Å². The van der Waals surface area contributed by atoms with Gasteiger partial charge in [-0.2, -0.15) is 13.2 Å². The number of carbonyl (C=O) groups is 1. The van der Waals surface area contributed by atoms with Crippen molar-refractivity contribution in [3.8, 4) is 0 Å². The fourth-order valence-electron chi connectivity index (χ4n) is 3.63. The minimum absolute atomic E-state index is 0.0497. The second-order valence-electron chi connectivity index (χ2n) is 7.31. The summed E-state index contributed by atoms with van der Waals surface area (Å²) < 4.78 is 40.4. The molecule has 0 N–H and O–H groups in total. The molecule has 4 rings (SSSR count). The second-order valence-corrected chi connectivity index (χ2v) is 7.72. The minimum atomic E-state index is -4.49. The lowest BCUT2D eigenvalue weighted by Crippen LogP contribution is -2.49. The largest absolute Gasteiger partial charge is 0.417 e. The topological polar surface area (TPSA) is 41.4 Å². The average Bonchev–Trinajstić information content (AvgIpc) is 3.21. The molecule has 3 aromatic rings. The van der Waals surface area contributed by atoms with Crippen molar-refractivity contribution >= 4 is 23.3 Å². The fraction of sp³-hybridized carbons (Fsp3) is 0.273. The third-order valence-electron chi connectivity index (χ3n) is 5.26. The molecule has 0 unspecified atom stereocenters. The van der Waals surface area contributed by atoms with Crippen LogP contribution in [0.1, 0.15) is 21.6 Å². The maximum atomic E-state index is 13.1. The van der Waals surface area contributed by atoms with Crippen LogP contribution in [0.2, 0.25) is 5.02 Å². The van der Waals surface area contributed by atoms with Crippen LogP contribution in [0.3, 0.4) is 0 Å². The molecule has 0 atom stereocenters. The third-order valence-corrected chi connectivity index (χ3v) is 5.54. The number of nitrogens with zero attached hydrogens (tertiary/aromatic N) is 4. The SMILES string of the molecule is O=C(c1cccn1Cc1ccccc1)N1CCN(c2ncc(C(F)(F)F)cc2Cl)CC1. The number of benzene rings is 1. The van der Waals surface area contributed by atoms with Crippen molar-refractivity contribution in [1.29, 1.82) is 0 Å². The Balaban J connectivity index is 1.42. The predicted molar refractivity (Wildman–Crippen MR) is 112 cm³/mol. The molecular weight excluding hydrogens is 429 g/mol. The molecular formula is C22H20ClF3N4O. The van der Waals surface area contributed by atoms with Crippen molar-refractivity contribution < 1.29 is 18.0 Å². The molecule has 9 heteroatoms. The van der Waals surface area contributed by atoms with Crippen molar-refractivity contribution in [3.63, 3.8) is 0 Å². The zero-order chi connectivity index (χ0) is 22.0. The number of piperazine rings is 1. The van der Waals surface area contributed by atoms with Crippen LogP contribution in [0, 0.1) is 0 Å². The molecule has 1 aliphatic rings. The van der Waals surface area contributed by atoms with Gasteiger partial charge in [0.15, 0.2) is 0 Å². The van der Waals surface area contributed by atoms with Gasteiger partial charge >= 0.3 is 6.18 Å². The Bertz CT molecular complexity index is 1060. The Labute approximate surface area is 182 Å². The molecule has 1 aliphatic heterocycles. The monoisotopic (exact) mass is 448 g/mol. The van der Waals surface area contributed by atoms with Crippen LogP contribution < -0.4 is 4.90 Å². The molecule has 1 fully saturated rings. The smallest absolute Gasteiger partial charge is 0.352 e. The first kappa shape index (κ1) is 21.2. The van der Waals surface area contributed by atoms with Gasteiger partial charge in [0.25, 0.3) is 5.91 Å². The van der Waals surface area contributed by atoms with Gasteiger partial charge in [0.2, 0.25) is 0 Å². The zero-order valence-electron chi connectivity index (χ0n) is 16.5. The summed E-state index contributed by atoms with van der Waals surface area (Å²) in [4.78, 5) is 20.5. The van der Waals surface area contributed by atoms with E-state index < -0.39 is 11.7 Å². The van der Waals surface area contributed by atoms with Gasteiger partial charge in [0, 0.05) is 45.1 Å². The summed E-state index contributed by atoms with van der Waals surface area (Å²) in [5, 5.41) is -0.0497. The van der Waals surface area contributed by atoms with Crippen LogP contribution in [0.5, 0.6) is 0 Å². The van der Waals surface area contributed by atoms with Gasteiger partial charge in [0.1, 0.15) is 11.5 Å². The van der Waals surface area contributed by atoms with Gasteiger partial charge in [-0.3, -0.25) is 4.79 Å². The predicted octanol–water partition coefficient (Wildman–Crippen LogP) is 4.57. The highest BCUT2D eigenvalue weighted by molar-refractivity contribution is 6.33. The standard InChI is InChI=1S/C22H20ClF3N4O/c23-18-13-17(22(24,25)26)14-27-20(18)28-9-11-29(12-10-28)21(31)19-7-4-8-30(19)15-16-5-2-1-3-6-16/h1-8,13-14H,9-12,15H2. The second kappa shape index (κ2) is 8.63. The van der Waals surface area contributed by atoms with E-state index >= 15 is 0 Å². The maximum absolute atomic E-state index is 13.1. The molecule has 1 aromatic carbocycles. The summed E-state index contributed by atoms with van der Waals surface area (Å²) in [5.74, 6) is 0.223. The van der Waals surface area contributed by atoms with E-state index in [0.29, 0.717) is 44.2 Å². The molecule has 1 amide bonds.